The number of aldehydes is 1. The highest BCUT2D eigenvalue weighted by Crippen LogP contribution is 2.04. The number of carboxylic acids is 1. The van der Waals surface area contributed by atoms with Crippen LogP contribution in [0.15, 0.2) is 24.3 Å². The Labute approximate surface area is 77.0 Å². The first-order valence-corrected chi connectivity index (χ1v) is 4.03. The van der Waals surface area contributed by atoms with Crippen LogP contribution in [0.3, 0.4) is 0 Å². The zero-order valence-electron chi connectivity index (χ0n) is 7.65. The minimum atomic E-state index is -1.08. The molecule has 1 aromatic rings. The van der Waals surface area contributed by atoms with Crippen molar-refractivity contribution >= 4 is 12.3 Å². The summed E-state index contributed by atoms with van der Waals surface area (Å²) in [7, 11) is 0. The Bertz CT molecular complexity index is 292. The van der Waals surface area contributed by atoms with Crippen LogP contribution in [0, 0.1) is 0 Å². The third kappa shape index (κ3) is 3.07. The minimum absolute atomic E-state index is 0.0440. The Hall–Kier alpha value is -1.64. The van der Waals surface area contributed by atoms with E-state index in [1.807, 2.05) is 13.8 Å². The first kappa shape index (κ1) is 11.4. The number of carbonyl (C=O) groups is 2. The van der Waals surface area contributed by atoms with Crippen molar-refractivity contribution < 1.29 is 14.7 Å². The van der Waals surface area contributed by atoms with Gasteiger partial charge in [0.1, 0.15) is 0 Å². The monoisotopic (exact) mass is 180 g/mol. The van der Waals surface area contributed by atoms with Crippen molar-refractivity contribution in [2.24, 2.45) is 0 Å². The number of carbonyl (C=O) groups excluding carboxylic acids is 1. The Balaban J connectivity index is 0.000000671. The molecule has 0 saturated carbocycles. The zero-order chi connectivity index (χ0) is 10.3. The van der Waals surface area contributed by atoms with E-state index in [2.05, 4.69) is 0 Å². The second-order valence-corrected chi connectivity index (χ2v) is 2.01. The average Bonchev–Trinajstić information content (AvgIpc) is 2.20. The van der Waals surface area contributed by atoms with E-state index in [9.17, 15) is 9.59 Å². The van der Waals surface area contributed by atoms with E-state index in [-0.39, 0.29) is 11.1 Å². The lowest BCUT2D eigenvalue weighted by Gasteiger charge is -1.95. The van der Waals surface area contributed by atoms with Crippen molar-refractivity contribution in [1.82, 2.24) is 0 Å². The third-order valence-electron chi connectivity index (χ3n) is 1.32. The molecule has 0 aliphatic heterocycles. The van der Waals surface area contributed by atoms with Crippen LogP contribution >= 0.6 is 0 Å². The summed E-state index contributed by atoms with van der Waals surface area (Å²) in [5, 5.41) is 8.54. The quantitative estimate of drug-likeness (QED) is 0.710. The van der Waals surface area contributed by atoms with Gasteiger partial charge in [-0.1, -0.05) is 32.0 Å². The fraction of sp³-hybridized carbons (Fsp3) is 0.200. The van der Waals surface area contributed by atoms with Crippen molar-refractivity contribution in [3.8, 4) is 0 Å². The number of hydrogen-bond acceptors (Lipinski definition) is 2. The predicted octanol–water partition coefficient (Wildman–Crippen LogP) is 2.22. The maximum atomic E-state index is 10.4. The Kier molecular flexibility index (Phi) is 5.19. The lowest BCUT2D eigenvalue weighted by atomic mass is 10.1. The van der Waals surface area contributed by atoms with Gasteiger partial charge in [0.25, 0.3) is 0 Å². The molecule has 0 bridgehead atoms. The van der Waals surface area contributed by atoms with Gasteiger partial charge in [0, 0.05) is 5.56 Å². The maximum absolute atomic E-state index is 10.4. The van der Waals surface area contributed by atoms with Crippen LogP contribution in [0.5, 0.6) is 0 Å². The summed E-state index contributed by atoms with van der Waals surface area (Å²) < 4.78 is 0. The molecule has 0 aliphatic carbocycles. The normalized spacial score (nSPS) is 8.15. The fourth-order valence-corrected chi connectivity index (χ4v) is 0.795. The van der Waals surface area contributed by atoms with Gasteiger partial charge in [-0.2, -0.15) is 0 Å². The third-order valence-corrected chi connectivity index (χ3v) is 1.32. The van der Waals surface area contributed by atoms with Crippen molar-refractivity contribution in [2.45, 2.75) is 13.8 Å². The van der Waals surface area contributed by atoms with Gasteiger partial charge >= 0.3 is 5.97 Å². The van der Waals surface area contributed by atoms with Crippen molar-refractivity contribution in [1.29, 1.82) is 0 Å². The molecule has 0 heterocycles. The minimum Gasteiger partial charge on any atom is -0.478 e. The van der Waals surface area contributed by atoms with Crippen LogP contribution < -0.4 is 0 Å². The number of aromatic carboxylic acids is 1. The number of hydrogen-bond donors (Lipinski definition) is 1. The van der Waals surface area contributed by atoms with Gasteiger partial charge in [-0.15, -0.1) is 0 Å². The SMILES string of the molecule is CC.O=Cc1ccccc1C(=O)O. The molecule has 0 aliphatic rings. The van der Waals surface area contributed by atoms with E-state index in [1.54, 1.807) is 12.1 Å². The lowest BCUT2D eigenvalue weighted by Crippen LogP contribution is -2.00. The summed E-state index contributed by atoms with van der Waals surface area (Å²) in [5.41, 5.74) is 0.252. The van der Waals surface area contributed by atoms with Crippen LogP contribution in [0.2, 0.25) is 0 Å². The molecule has 3 nitrogen and oxygen atoms in total. The molecule has 0 saturated heterocycles. The standard InChI is InChI=1S/C8H6O3.C2H6/c9-5-6-3-1-2-4-7(6)8(10)11;1-2/h1-5H,(H,10,11);1-2H3. The molecule has 0 spiro atoms. The predicted molar refractivity (Wildman–Crippen MR) is 50.1 cm³/mol. The van der Waals surface area contributed by atoms with Gasteiger partial charge in [-0.25, -0.2) is 4.79 Å². The Morgan fingerprint density at radius 2 is 1.85 bits per heavy atom. The summed E-state index contributed by atoms with van der Waals surface area (Å²) in [6.07, 6.45) is 0.531. The Morgan fingerprint density at radius 1 is 1.31 bits per heavy atom. The summed E-state index contributed by atoms with van der Waals surface area (Å²) in [4.78, 5) is 20.7. The molecule has 0 aromatic heterocycles. The molecule has 13 heavy (non-hydrogen) atoms. The average molecular weight is 180 g/mol. The van der Waals surface area contributed by atoms with Crippen molar-refractivity contribution in [2.75, 3.05) is 0 Å². The molecule has 3 heteroatoms. The highest BCUT2D eigenvalue weighted by Gasteiger charge is 2.06. The molecule has 1 aromatic carbocycles. The van der Waals surface area contributed by atoms with Crippen LogP contribution in [-0.2, 0) is 0 Å². The van der Waals surface area contributed by atoms with Crippen LogP contribution in [0.4, 0.5) is 0 Å². The van der Waals surface area contributed by atoms with E-state index in [0.717, 1.165) is 0 Å². The van der Waals surface area contributed by atoms with Crippen LogP contribution in [0.25, 0.3) is 0 Å². The zero-order valence-corrected chi connectivity index (χ0v) is 7.65. The number of rotatable bonds is 2. The van der Waals surface area contributed by atoms with E-state index < -0.39 is 5.97 Å². The van der Waals surface area contributed by atoms with E-state index in [1.165, 1.54) is 12.1 Å². The Morgan fingerprint density at radius 3 is 2.23 bits per heavy atom. The van der Waals surface area contributed by atoms with Crippen molar-refractivity contribution in [3.05, 3.63) is 35.4 Å². The molecule has 1 rings (SSSR count). The van der Waals surface area contributed by atoms with Gasteiger partial charge in [-0.3, -0.25) is 4.79 Å². The van der Waals surface area contributed by atoms with Gasteiger partial charge in [0.2, 0.25) is 0 Å². The van der Waals surface area contributed by atoms with Gasteiger partial charge < -0.3 is 5.11 Å². The number of carboxylic acid groups (broad SMARTS) is 1. The topological polar surface area (TPSA) is 54.4 Å². The summed E-state index contributed by atoms with van der Waals surface area (Å²) in [6.45, 7) is 4.00. The van der Waals surface area contributed by atoms with E-state index in [4.69, 9.17) is 5.11 Å². The molecule has 0 radical (unpaired) electrons. The molecular formula is C10H12O3. The number of benzene rings is 1. The van der Waals surface area contributed by atoms with Gasteiger partial charge in [-0.05, 0) is 6.07 Å². The largest absolute Gasteiger partial charge is 0.478 e. The highest BCUT2D eigenvalue weighted by molar-refractivity contribution is 5.96. The van der Waals surface area contributed by atoms with Gasteiger partial charge in [0.05, 0.1) is 5.56 Å². The second-order valence-electron chi connectivity index (χ2n) is 2.01. The highest BCUT2D eigenvalue weighted by atomic mass is 16.4. The first-order chi connectivity index (χ1) is 6.25. The molecule has 0 fully saturated rings. The lowest BCUT2D eigenvalue weighted by molar-refractivity contribution is 0.0694. The molecule has 0 unspecified atom stereocenters. The molecule has 70 valence electrons. The summed E-state index contributed by atoms with van der Waals surface area (Å²) in [6, 6.07) is 6.06. The molecule has 0 amide bonds. The summed E-state index contributed by atoms with van der Waals surface area (Å²) >= 11 is 0. The van der Waals surface area contributed by atoms with Crippen LogP contribution in [0.1, 0.15) is 34.6 Å². The maximum Gasteiger partial charge on any atom is 0.336 e. The molecular weight excluding hydrogens is 168 g/mol. The smallest absolute Gasteiger partial charge is 0.336 e. The fourth-order valence-electron chi connectivity index (χ4n) is 0.795. The second kappa shape index (κ2) is 5.94. The van der Waals surface area contributed by atoms with Crippen molar-refractivity contribution in [3.63, 3.8) is 0 Å². The van der Waals surface area contributed by atoms with Gasteiger partial charge in [0.15, 0.2) is 6.29 Å². The molecule has 0 atom stereocenters. The summed E-state index contributed by atoms with van der Waals surface area (Å²) in [5.74, 6) is -1.08. The van der Waals surface area contributed by atoms with Crippen LogP contribution in [-0.4, -0.2) is 17.4 Å². The molecule has 1 N–H and O–H groups in total. The van der Waals surface area contributed by atoms with E-state index >= 15 is 0 Å². The first-order valence-electron chi connectivity index (χ1n) is 4.03. The van der Waals surface area contributed by atoms with E-state index in [0.29, 0.717) is 6.29 Å².